The highest BCUT2D eigenvalue weighted by molar-refractivity contribution is 6.00. The molecule has 0 unspecified atom stereocenters. The highest BCUT2D eigenvalue weighted by Crippen LogP contribution is 2.34. The van der Waals surface area contributed by atoms with E-state index in [2.05, 4.69) is 68.6 Å². The van der Waals surface area contributed by atoms with E-state index in [1.165, 1.54) is 11.7 Å². The number of allylic oxidation sites excluding steroid dienone is 1. The molecule has 0 atom stereocenters. The van der Waals surface area contributed by atoms with Gasteiger partial charge < -0.3 is 30.2 Å². The number of anilines is 5. The van der Waals surface area contributed by atoms with Crippen molar-refractivity contribution >= 4 is 51.8 Å². The zero-order valence-electron chi connectivity index (χ0n) is 26.2. The van der Waals surface area contributed by atoms with Crippen molar-refractivity contribution < 1.29 is 14.3 Å². The first kappa shape index (κ1) is 29.7. The maximum atomic E-state index is 13.2. The van der Waals surface area contributed by atoms with E-state index in [0.29, 0.717) is 48.5 Å². The average molecular weight is 622 g/mol. The number of nitrogens with one attached hydrogen (secondary N) is 3. The summed E-state index contributed by atoms with van der Waals surface area (Å²) in [6.45, 7) is 7.62. The molecule has 46 heavy (non-hydrogen) atoms. The van der Waals surface area contributed by atoms with Crippen LogP contribution in [0.3, 0.4) is 0 Å². The average Bonchev–Trinajstić information content (AvgIpc) is 3.48. The summed E-state index contributed by atoms with van der Waals surface area (Å²) < 4.78 is 8.04. The van der Waals surface area contributed by atoms with Crippen LogP contribution in [0.2, 0.25) is 0 Å². The van der Waals surface area contributed by atoms with Crippen LogP contribution >= 0.6 is 0 Å². The lowest BCUT2D eigenvalue weighted by Crippen LogP contribution is -2.40. The number of aromatic nitrogens is 4. The third-order valence-electron chi connectivity index (χ3n) is 8.93. The van der Waals surface area contributed by atoms with Gasteiger partial charge in [-0.2, -0.15) is 4.98 Å². The Kier molecular flexibility index (Phi) is 8.27. The van der Waals surface area contributed by atoms with Crippen molar-refractivity contribution in [1.29, 1.82) is 0 Å². The highest BCUT2D eigenvalue weighted by Gasteiger charge is 2.28. The number of benzene rings is 1. The van der Waals surface area contributed by atoms with Gasteiger partial charge in [-0.3, -0.25) is 14.5 Å². The number of ether oxygens (including phenoxy) is 1. The molecule has 2 bridgehead atoms. The number of nitrogens with zero attached hydrogens (tertiary/aromatic N) is 6. The molecule has 3 aliphatic heterocycles. The van der Waals surface area contributed by atoms with Gasteiger partial charge in [-0.15, -0.1) is 0 Å². The quantitative estimate of drug-likeness (QED) is 0.265. The number of hydrogen-bond acceptors (Lipinski definition) is 9. The summed E-state index contributed by atoms with van der Waals surface area (Å²) in [6, 6.07) is 13.0. The molecule has 6 heterocycles. The van der Waals surface area contributed by atoms with E-state index in [-0.39, 0.29) is 29.8 Å². The van der Waals surface area contributed by atoms with Crippen LogP contribution in [-0.4, -0.2) is 75.1 Å². The molecular weight excluding hydrogens is 582 g/mol. The van der Waals surface area contributed by atoms with Gasteiger partial charge in [0.05, 0.1) is 0 Å². The van der Waals surface area contributed by atoms with Gasteiger partial charge in [0, 0.05) is 67.2 Å². The standard InChI is InChI=1S/C34H39N9O3/c1-22(2)41-16-12-25(13-17-41)42-18-11-23-19-24(7-8-27(23)42)37-34-36-20-26-31(40-34)38-29-10-9-28-32(39-29)43(30(44)21-46-28)15-6-4-3-5-14-35-33(26)45/h3,5,7-11,18-20,22,25H,4,6,12-17,21H2,1-2H3,(H,35,45)(H2,36,37,38,39,40)/b5-3-. The lowest BCUT2D eigenvalue weighted by atomic mass is 10.0. The second kappa shape index (κ2) is 12.8. The summed E-state index contributed by atoms with van der Waals surface area (Å²) in [5, 5.41) is 10.6. The lowest BCUT2D eigenvalue weighted by molar-refractivity contribution is -0.121. The van der Waals surface area contributed by atoms with Crippen molar-refractivity contribution in [1.82, 2.24) is 29.7 Å². The minimum Gasteiger partial charge on any atom is -0.480 e. The molecule has 4 aromatic rings. The first-order valence-electron chi connectivity index (χ1n) is 16.1. The topological polar surface area (TPSA) is 130 Å². The van der Waals surface area contributed by atoms with Gasteiger partial charge in [0.2, 0.25) is 5.95 Å². The molecule has 12 heteroatoms. The molecule has 12 nitrogen and oxygen atoms in total. The van der Waals surface area contributed by atoms with Crippen LogP contribution in [0.5, 0.6) is 5.75 Å². The van der Waals surface area contributed by atoms with Gasteiger partial charge in [-0.1, -0.05) is 12.2 Å². The largest absolute Gasteiger partial charge is 0.480 e. The molecule has 2 amide bonds. The molecule has 0 radical (unpaired) electrons. The van der Waals surface area contributed by atoms with Crippen LogP contribution in [0, 0.1) is 0 Å². The Morgan fingerprint density at radius 2 is 1.89 bits per heavy atom. The number of piperidine rings is 1. The van der Waals surface area contributed by atoms with Gasteiger partial charge in [0.1, 0.15) is 17.2 Å². The molecule has 3 aliphatic rings. The number of rotatable bonds is 4. The summed E-state index contributed by atoms with van der Waals surface area (Å²) in [5.41, 5.74) is 2.31. The Balaban J connectivity index is 1.15. The van der Waals surface area contributed by atoms with Crippen molar-refractivity contribution in [3.63, 3.8) is 0 Å². The minimum atomic E-state index is -0.311. The van der Waals surface area contributed by atoms with Crippen LogP contribution < -0.4 is 25.6 Å². The van der Waals surface area contributed by atoms with Crippen molar-refractivity contribution in [2.75, 3.05) is 48.3 Å². The van der Waals surface area contributed by atoms with Gasteiger partial charge in [0.25, 0.3) is 11.8 Å². The third-order valence-corrected chi connectivity index (χ3v) is 8.93. The van der Waals surface area contributed by atoms with E-state index >= 15 is 0 Å². The van der Waals surface area contributed by atoms with Crippen molar-refractivity contribution in [2.45, 2.75) is 51.6 Å². The van der Waals surface area contributed by atoms with Crippen LogP contribution in [0.25, 0.3) is 10.9 Å². The monoisotopic (exact) mass is 621 g/mol. The fraction of sp³-hybridized carbons (Fsp3) is 0.382. The normalized spacial score (nSPS) is 18.6. The zero-order valence-corrected chi connectivity index (χ0v) is 26.2. The molecule has 0 aliphatic carbocycles. The van der Waals surface area contributed by atoms with Crippen molar-refractivity contribution in [3.05, 3.63) is 66.5 Å². The summed E-state index contributed by atoms with van der Waals surface area (Å²) in [5.74, 6) is 1.58. The fourth-order valence-corrected chi connectivity index (χ4v) is 6.39. The zero-order chi connectivity index (χ0) is 31.6. The van der Waals surface area contributed by atoms with E-state index in [4.69, 9.17) is 14.7 Å². The van der Waals surface area contributed by atoms with Crippen LogP contribution in [0.15, 0.2) is 60.9 Å². The Bertz CT molecular complexity index is 1790. The van der Waals surface area contributed by atoms with Gasteiger partial charge in [-0.25, -0.2) is 9.97 Å². The number of carbonyl (C=O) groups is 2. The maximum Gasteiger partial charge on any atom is 0.266 e. The first-order chi connectivity index (χ1) is 22.4. The smallest absolute Gasteiger partial charge is 0.266 e. The molecule has 0 saturated carbocycles. The Hall–Kier alpha value is -4.97. The number of hydrogen-bond donors (Lipinski definition) is 3. The summed E-state index contributed by atoms with van der Waals surface area (Å²) in [4.78, 5) is 44.0. The summed E-state index contributed by atoms with van der Waals surface area (Å²) in [6.07, 6.45) is 11.4. The van der Waals surface area contributed by atoms with E-state index < -0.39 is 0 Å². The second-order valence-corrected chi connectivity index (χ2v) is 12.2. The van der Waals surface area contributed by atoms with E-state index in [1.807, 2.05) is 18.2 Å². The van der Waals surface area contributed by atoms with Crippen molar-refractivity contribution in [3.8, 4) is 5.75 Å². The lowest BCUT2D eigenvalue weighted by Gasteiger charge is -2.35. The molecule has 1 saturated heterocycles. The Morgan fingerprint density at radius 3 is 2.74 bits per heavy atom. The molecule has 1 fully saturated rings. The Labute approximate surface area is 267 Å². The van der Waals surface area contributed by atoms with E-state index in [0.717, 1.165) is 49.8 Å². The predicted molar refractivity (Wildman–Crippen MR) is 178 cm³/mol. The SMILES string of the molecule is CC(C)N1CCC(n2ccc3cc(Nc4ncc5c(n4)Nc4ccc6c(n4)N(CCC/C=C\CNC5=O)C(=O)CO6)ccc32)CC1. The first-order valence-corrected chi connectivity index (χ1v) is 16.1. The van der Waals surface area contributed by atoms with Crippen LogP contribution in [-0.2, 0) is 4.79 Å². The molecule has 3 N–H and O–H groups in total. The highest BCUT2D eigenvalue weighted by atomic mass is 16.5. The number of carbonyl (C=O) groups excluding carboxylic acids is 2. The summed E-state index contributed by atoms with van der Waals surface area (Å²) in [7, 11) is 0. The number of fused-ring (bicyclic) bond motifs is 3. The number of amides is 2. The second-order valence-electron chi connectivity index (χ2n) is 12.2. The van der Waals surface area contributed by atoms with Gasteiger partial charge >= 0.3 is 0 Å². The third kappa shape index (κ3) is 6.12. The van der Waals surface area contributed by atoms with Crippen molar-refractivity contribution in [2.24, 2.45) is 0 Å². The van der Waals surface area contributed by atoms with Crippen LogP contribution in [0.4, 0.5) is 29.1 Å². The molecule has 238 valence electrons. The molecule has 3 aromatic heterocycles. The molecular formula is C34H39N9O3. The van der Waals surface area contributed by atoms with E-state index in [1.54, 1.807) is 17.0 Å². The maximum absolute atomic E-state index is 13.2. The Morgan fingerprint density at radius 1 is 1.02 bits per heavy atom. The minimum absolute atomic E-state index is 0.0189. The molecule has 7 rings (SSSR count). The number of likely N-dealkylation sites (tertiary alicyclic amines) is 1. The molecule has 1 aromatic carbocycles. The predicted octanol–water partition coefficient (Wildman–Crippen LogP) is 5.16. The van der Waals surface area contributed by atoms with Gasteiger partial charge in [-0.05, 0) is 75.9 Å². The number of pyridine rings is 1. The van der Waals surface area contributed by atoms with Crippen LogP contribution in [0.1, 0.15) is 55.9 Å². The summed E-state index contributed by atoms with van der Waals surface area (Å²) >= 11 is 0. The fourth-order valence-electron chi connectivity index (χ4n) is 6.39. The molecule has 0 spiro atoms. The van der Waals surface area contributed by atoms with Gasteiger partial charge in [0.15, 0.2) is 18.2 Å². The van der Waals surface area contributed by atoms with E-state index in [9.17, 15) is 9.59 Å².